The van der Waals surface area contributed by atoms with Crippen molar-refractivity contribution in [1.29, 1.82) is 0 Å². The third-order valence-corrected chi connectivity index (χ3v) is 6.30. The highest BCUT2D eigenvalue weighted by Gasteiger charge is 2.38. The lowest BCUT2D eigenvalue weighted by molar-refractivity contribution is 0.0681. The molecule has 2 aliphatic rings. The summed E-state index contributed by atoms with van der Waals surface area (Å²) in [6.07, 6.45) is 4.54. The average Bonchev–Trinajstić information content (AvgIpc) is 2.94. The van der Waals surface area contributed by atoms with Crippen LogP contribution in [-0.4, -0.2) is 60.1 Å². The maximum atomic E-state index is 12.9. The van der Waals surface area contributed by atoms with Gasteiger partial charge in [-0.25, -0.2) is 0 Å². The van der Waals surface area contributed by atoms with Crippen molar-refractivity contribution in [2.75, 3.05) is 32.8 Å². The molecule has 3 rings (SSSR count). The zero-order chi connectivity index (χ0) is 14.9. The summed E-state index contributed by atoms with van der Waals surface area (Å²) in [5.74, 6) is 0. The molecule has 7 nitrogen and oxygen atoms in total. The predicted octanol–water partition coefficient (Wildman–Crippen LogP) is 0.822. The summed E-state index contributed by atoms with van der Waals surface area (Å²) in [6, 6.07) is -0.130. The van der Waals surface area contributed by atoms with E-state index in [1.54, 1.807) is 14.8 Å². The van der Waals surface area contributed by atoms with Crippen molar-refractivity contribution in [3.8, 4) is 0 Å². The van der Waals surface area contributed by atoms with E-state index in [0.29, 0.717) is 32.8 Å². The zero-order valence-electron chi connectivity index (χ0n) is 12.3. The van der Waals surface area contributed by atoms with E-state index >= 15 is 0 Å². The second-order valence-corrected chi connectivity index (χ2v) is 7.49. The molecule has 0 saturated carbocycles. The topological polar surface area (TPSA) is 78.5 Å². The highest BCUT2D eigenvalue weighted by molar-refractivity contribution is 7.86. The molecule has 1 N–H and O–H groups in total. The molecular formula is C13H22N4O3S. The van der Waals surface area contributed by atoms with Gasteiger partial charge in [0.15, 0.2) is 0 Å². The van der Waals surface area contributed by atoms with Crippen molar-refractivity contribution in [2.45, 2.75) is 32.2 Å². The first-order chi connectivity index (χ1) is 10.1. The van der Waals surface area contributed by atoms with Crippen molar-refractivity contribution in [3.05, 3.63) is 17.5 Å². The van der Waals surface area contributed by atoms with Gasteiger partial charge in [-0.05, 0) is 25.3 Å². The van der Waals surface area contributed by atoms with Gasteiger partial charge in [0.1, 0.15) is 0 Å². The van der Waals surface area contributed by atoms with Crippen molar-refractivity contribution < 1.29 is 13.2 Å². The number of nitrogens with one attached hydrogen (secondary N) is 1. The van der Waals surface area contributed by atoms with Gasteiger partial charge in [-0.2, -0.15) is 22.1 Å². The van der Waals surface area contributed by atoms with E-state index < -0.39 is 10.2 Å². The molecule has 2 fully saturated rings. The number of aromatic nitrogens is 2. The maximum Gasteiger partial charge on any atom is 0.282 e. The normalized spacial score (nSPS) is 26.0. The monoisotopic (exact) mass is 314 g/mol. The first kappa shape index (κ1) is 15.0. The number of piperidine rings is 1. The number of hydrogen-bond donors (Lipinski definition) is 1. The van der Waals surface area contributed by atoms with Gasteiger partial charge in [-0.1, -0.05) is 6.42 Å². The molecule has 1 aromatic heterocycles. The first-order valence-electron chi connectivity index (χ1n) is 7.45. The van der Waals surface area contributed by atoms with Crippen LogP contribution in [0.1, 0.15) is 36.6 Å². The van der Waals surface area contributed by atoms with Crippen LogP contribution in [0.2, 0.25) is 0 Å². The molecule has 3 heterocycles. The number of ether oxygens (including phenoxy) is 1. The van der Waals surface area contributed by atoms with Crippen LogP contribution in [-0.2, 0) is 14.9 Å². The molecule has 2 saturated heterocycles. The van der Waals surface area contributed by atoms with Crippen molar-refractivity contribution in [2.24, 2.45) is 0 Å². The Kier molecular flexibility index (Phi) is 4.30. The van der Waals surface area contributed by atoms with Crippen LogP contribution in [0, 0.1) is 6.92 Å². The molecule has 0 unspecified atom stereocenters. The van der Waals surface area contributed by atoms with Gasteiger partial charge in [-0.3, -0.25) is 5.10 Å². The van der Waals surface area contributed by atoms with E-state index in [0.717, 1.165) is 30.5 Å². The predicted molar refractivity (Wildman–Crippen MR) is 77.9 cm³/mol. The van der Waals surface area contributed by atoms with Crippen molar-refractivity contribution in [1.82, 2.24) is 18.8 Å². The van der Waals surface area contributed by atoms with Crippen LogP contribution in [0.3, 0.4) is 0 Å². The second kappa shape index (κ2) is 6.04. The van der Waals surface area contributed by atoms with E-state index in [4.69, 9.17) is 4.74 Å². The van der Waals surface area contributed by atoms with E-state index in [9.17, 15) is 8.42 Å². The Morgan fingerprint density at radius 1 is 1.29 bits per heavy atom. The van der Waals surface area contributed by atoms with Crippen LogP contribution >= 0.6 is 0 Å². The lowest BCUT2D eigenvalue weighted by Crippen LogP contribution is -2.51. The fraction of sp³-hybridized carbons (Fsp3) is 0.769. The Morgan fingerprint density at radius 3 is 2.71 bits per heavy atom. The molecule has 0 aromatic carbocycles. The fourth-order valence-corrected chi connectivity index (χ4v) is 4.89. The molecule has 0 bridgehead atoms. The lowest BCUT2D eigenvalue weighted by Gasteiger charge is -2.38. The SMILES string of the molecule is Cc1cn[nH]c1[C@@H]1CCCCN1S(=O)(=O)N1CCOCC1. The quantitative estimate of drug-likeness (QED) is 0.896. The van der Waals surface area contributed by atoms with E-state index in [2.05, 4.69) is 10.2 Å². The van der Waals surface area contributed by atoms with E-state index in [-0.39, 0.29) is 6.04 Å². The summed E-state index contributed by atoms with van der Waals surface area (Å²) in [5.41, 5.74) is 1.94. The van der Waals surface area contributed by atoms with E-state index in [1.165, 1.54) is 0 Å². The molecule has 118 valence electrons. The third-order valence-electron chi connectivity index (χ3n) is 4.25. The number of hydrogen-bond acceptors (Lipinski definition) is 4. The summed E-state index contributed by atoms with van der Waals surface area (Å²) in [7, 11) is -3.44. The molecule has 0 radical (unpaired) electrons. The molecule has 1 atom stereocenters. The summed E-state index contributed by atoms with van der Waals surface area (Å²) in [6.45, 7) is 4.36. The summed E-state index contributed by atoms with van der Waals surface area (Å²) >= 11 is 0. The van der Waals surface area contributed by atoms with Crippen molar-refractivity contribution >= 4 is 10.2 Å². The minimum Gasteiger partial charge on any atom is -0.379 e. The molecule has 2 aliphatic heterocycles. The standard InChI is InChI=1S/C13H22N4O3S/c1-11-10-14-15-13(11)12-4-2-3-5-17(12)21(18,19)16-6-8-20-9-7-16/h10,12H,2-9H2,1H3,(H,14,15)/t12-/m0/s1. The number of aryl methyl sites for hydroxylation is 1. The Hall–Kier alpha value is -0.960. The molecule has 1 aromatic rings. The number of nitrogens with zero attached hydrogens (tertiary/aromatic N) is 3. The second-order valence-electron chi connectivity index (χ2n) is 5.61. The van der Waals surface area contributed by atoms with Gasteiger partial charge in [0.05, 0.1) is 31.1 Å². The van der Waals surface area contributed by atoms with Crippen LogP contribution in [0.5, 0.6) is 0 Å². The third kappa shape index (κ3) is 2.85. The highest BCUT2D eigenvalue weighted by atomic mass is 32.2. The number of aromatic amines is 1. The Morgan fingerprint density at radius 2 is 2.05 bits per heavy atom. The van der Waals surface area contributed by atoms with Gasteiger partial charge in [-0.15, -0.1) is 0 Å². The largest absolute Gasteiger partial charge is 0.379 e. The summed E-state index contributed by atoms with van der Waals surface area (Å²) in [5, 5.41) is 7.03. The minimum absolute atomic E-state index is 0.130. The summed E-state index contributed by atoms with van der Waals surface area (Å²) in [4.78, 5) is 0. The number of H-pyrrole nitrogens is 1. The van der Waals surface area contributed by atoms with Crippen LogP contribution in [0.25, 0.3) is 0 Å². The average molecular weight is 314 g/mol. The van der Waals surface area contributed by atoms with Crippen LogP contribution in [0.15, 0.2) is 6.20 Å². The smallest absolute Gasteiger partial charge is 0.282 e. The zero-order valence-corrected chi connectivity index (χ0v) is 13.1. The maximum absolute atomic E-state index is 12.9. The first-order valence-corrected chi connectivity index (χ1v) is 8.85. The highest BCUT2D eigenvalue weighted by Crippen LogP contribution is 2.34. The molecular weight excluding hydrogens is 292 g/mol. The minimum atomic E-state index is -3.44. The van der Waals surface area contributed by atoms with Crippen LogP contribution < -0.4 is 0 Å². The molecule has 0 aliphatic carbocycles. The van der Waals surface area contributed by atoms with E-state index in [1.807, 2.05) is 6.92 Å². The Labute approximate surface area is 125 Å². The van der Waals surface area contributed by atoms with Gasteiger partial charge >= 0.3 is 0 Å². The van der Waals surface area contributed by atoms with Gasteiger partial charge in [0, 0.05) is 19.6 Å². The fourth-order valence-electron chi connectivity index (χ4n) is 3.09. The lowest BCUT2D eigenvalue weighted by atomic mass is 10.00. The van der Waals surface area contributed by atoms with Gasteiger partial charge < -0.3 is 4.74 Å². The molecule has 8 heteroatoms. The summed E-state index contributed by atoms with van der Waals surface area (Å²) < 4.78 is 34.3. The van der Waals surface area contributed by atoms with Gasteiger partial charge in [0.25, 0.3) is 10.2 Å². The van der Waals surface area contributed by atoms with Crippen LogP contribution in [0.4, 0.5) is 0 Å². The molecule has 0 amide bonds. The Balaban J connectivity index is 1.88. The van der Waals surface area contributed by atoms with Gasteiger partial charge in [0.2, 0.25) is 0 Å². The number of morpholine rings is 1. The Bertz CT molecular complexity index is 580. The number of rotatable bonds is 3. The molecule has 21 heavy (non-hydrogen) atoms. The van der Waals surface area contributed by atoms with Crippen molar-refractivity contribution in [3.63, 3.8) is 0 Å². The molecule has 0 spiro atoms.